The Labute approximate surface area is 206 Å². The standard InChI is InChI=1S/C26H26ClFN2O5/c1-3-24(31)29-17-5-4-10-30(14-17)26(33)15(2)34-18-7-9-20-21(13-25(32)35-23(20)12-18)19-8-6-16(28)11-22(19)27/h6-9,11-13,15,17H,3-5,10,14H2,1-2H3,(H,29,31)/t15?,17-/m0/s1. The van der Waals surface area contributed by atoms with Crippen molar-refractivity contribution in [3.05, 3.63) is 63.7 Å². The van der Waals surface area contributed by atoms with Gasteiger partial charge in [-0.25, -0.2) is 9.18 Å². The SMILES string of the molecule is CCC(=O)N[C@H]1CCCN(C(=O)C(C)Oc2ccc3c(-c4ccc(F)cc4Cl)cc(=O)oc3c2)C1. The Kier molecular flexibility index (Phi) is 7.40. The number of hydrogen-bond acceptors (Lipinski definition) is 5. The lowest BCUT2D eigenvalue weighted by Gasteiger charge is -2.34. The van der Waals surface area contributed by atoms with E-state index in [0.29, 0.717) is 41.8 Å². The number of ether oxygens (including phenoxy) is 1. The molecule has 2 heterocycles. The third-order valence-electron chi connectivity index (χ3n) is 6.02. The Morgan fingerprint density at radius 3 is 2.77 bits per heavy atom. The van der Waals surface area contributed by atoms with Crippen molar-refractivity contribution >= 4 is 34.4 Å². The normalized spacial score (nSPS) is 16.7. The number of carbonyl (C=O) groups is 2. The molecule has 1 aromatic heterocycles. The van der Waals surface area contributed by atoms with Gasteiger partial charge in [-0.3, -0.25) is 9.59 Å². The Morgan fingerprint density at radius 1 is 1.23 bits per heavy atom. The third kappa shape index (κ3) is 5.65. The highest BCUT2D eigenvalue weighted by Crippen LogP contribution is 2.34. The molecule has 2 amide bonds. The van der Waals surface area contributed by atoms with Crippen LogP contribution in [-0.4, -0.2) is 41.9 Å². The van der Waals surface area contributed by atoms with Crippen LogP contribution in [0.4, 0.5) is 4.39 Å². The minimum absolute atomic E-state index is 0.0347. The maximum atomic E-state index is 13.5. The van der Waals surface area contributed by atoms with E-state index in [1.807, 2.05) is 0 Å². The first-order chi connectivity index (χ1) is 16.7. The monoisotopic (exact) mass is 500 g/mol. The molecule has 9 heteroatoms. The number of benzene rings is 2. The van der Waals surface area contributed by atoms with Gasteiger partial charge in [-0.15, -0.1) is 0 Å². The summed E-state index contributed by atoms with van der Waals surface area (Å²) < 4.78 is 24.7. The van der Waals surface area contributed by atoms with E-state index in [4.69, 9.17) is 20.8 Å². The van der Waals surface area contributed by atoms with Crippen molar-refractivity contribution in [2.45, 2.75) is 45.3 Å². The highest BCUT2D eigenvalue weighted by molar-refractivity contribution is 6.33. The van der Waals surface area contributed by atoms with Gasteiger partial charge in [0, 0.05) is 54.2 Å². The summed E-state index contributed by atoms with van der Waals surface area (Å²) in [4.78, 5) is 38.6. The molecule has 1 aliphatic heterocycles. The zero-order valence-electron chi connectivity index (χ0n) is 19.5. The molecule has 2 aromatic carbocycles. The summed E-state index contributed by atoms with van der Waals surface area (Å²) >= 11 is 6.21. The Hall–Kier alpha value is -3.39. The molecular weight excluding hydrogens is 475 g/mol. The van der Waals surface area contributed by atoms with Gasteiger partial charge >= 0.3 is 5.63 Å². The lowest BCUT2D eigenvalue weighted by molar-refractivity contribution is -0.140. The van der Waals surface area contributed by atoms with Crippen LogP contribution in [0.2, 0.25) is 5.02 Å². The van der Waals surface area contributed by atoms with Gasteiger partial charge in [-0.05, 0) is 50.1 Å². The molecule has 0 aliphatic carbocycles. The van der Waals surface area contributed by atoms with Crippen molar-refractivity contribution in [2.75, 3.05) is 13.1 Å². The van der Waals surface area contributed by atoms with Gasteiger partial charge in [-0.1, -0.05) is 18.5 Å². The molecule has 0 saturated carbocycles. The van der Waals surface area contributed by atoms with Crippen LogP contribution in [0.3, 0.4) is 0 Å². The molecule has 0 spiro atoms. The summed E-state index contributed by atoms with van der Waals surface area (Å²) in [6.45, 7) is 4.48. The van der Waals surface area contributed by atoms with Crippen LogP contribution in [-0.2, 0) is 9.59 Å². The lowest BCUT2D eigenvalue weighted by atomic mass is 10.0. The minimum Gasteiger partial charge on any atom is -0.481 e. The second-order valence-electron chi connectivity index (χ2n) is 8.57. The Balaban J connectivity index is 1.53. The second-order valence-corrected chi connectivity index (χ2v) is 8.97. The van der Waals surface area contributed by atoms with E-state index in [2.05, 4.69) is 5.32 Å². The smallest absolute Gasteiger partial charge is 0.336 e. The van der Waals surface area contributed by atoms with E-state index < -0.39 is 17.5 Å². The highest BCUT2D eigenvalue weighted by atomic mass is 35.5. The van der Waals surface area contributed by atoms with Gasteiger partial charge in [0.25, 0.3) is 5.91 Å². The van der Waals surface area contributed by atoms with Gasteiger partial charge in [0.05, 0.1) is 5.02 Å². The number of nitrogens with one attached hydrogen (secondary N) is 1. The highest BCUT2D eigenvalue weighted by Gasteiger charge is 2.28. The first kappa shape index (κ1) is 24.7. The van der Waals surface area contributed by atoms with E-state index in [1.54, 1.807) is 36.9 Å². The average Bonchev–Trinajstić information content (AvgIpc) is 2.83. The summed E-state index contributed by atoms with van der Waals surface area (Å²) in [5.74, 6) is -0.341. The fourth-order valence-corrected chi connectivity index (χ4v) is 4.55. The molecule has 184 valence electrons. The molecule has 0 radical (unpaired) electrons. The number of carbonyl (C=O) groups excluding carboxylic acids is 2. The number of piperidine rings is 1. The molecule has 35 heavy (non-hydrogen) atoms. The molecule has 1 aliphatic rings. The van der Waals surface area contributed by atoms with Crippen LogP contribution in [0, 0.1) is 5.82 Å². The Morgan fingerprint density at radius 2 is 2.03 bits per heavy atom. The quantitative estimate of drug-likeness (QED) is 0.502. The predicted molar refractivity (Wildman–Crippen MR) is 131 cm³/mol. The minimum atomic E-state index is -0.783. The van der Waals surface area contributed by atoms with E-state index in [9.17, 15) is 18.8 Å². The molecule has 3 aromatic rings. The maximum Gasteiger partial charge on any atom is 0.336 e. The molecule has 4 rings (SSSR count). The number of amides is 2. The number of hydrogen-bond donors (Lipinski definition) is 1. The van der Waals surface area contributed by atoms with Gasteiger partial charge in [0.15, 0.2) is 6.10 Å². The molecule has 7 nitrogen and oxygen atoms in total. The summed E-state index contributed by atoms with van der Waals surface area (Å²) in [7, 11) is 0. The van der Waals surface area contributed by atoms with Crippen LogP contribution >= 0.6 is 11.6 Å². The molecule has 1 fully saturated rings. The van der Waals surface area contributed by atoms with Crippen molar-refractivity contribution in [3.63, 3.8) is 0 Å². The number of likely N-dealkylation sites (tertiary alicyclic amines) is 1. The first-order valence-corrected chi connectivity index (χ1v) is 11.9. The summed E-state index contributed by atoms with van der Waals surface area (Å²) in [6.07, 6.45) is 1.24. The average molecular weight is 501 g/mol. The van der Waals surface area contributed by atoms with Crippen molar-refractivity contribution in [1.82, 2.24) is 10.2 Å². The number of rotatable bonds is 6. The van der Waals surface area contributed by atoms with Gasteiger partial charge in [-0.2, -0.15) is 0 Å². The molecule has 2 atom stereocenters. The van der Waals surface area contributed by atoms with Crippen molar-refractivity contribution in [1.29, 1.82) is 0 Å². The summed E-state index contributed by atoms with van der Waals surface area (Å²) in [6, 6.07) is 10.1. The Bertz CT molecular complexity index is 1320. The third-order valence-corrected chi connectivity index (χ3v) is 6.33. The van der Waals surface area contributed by atoms with Crippen molar-refractivity contribution in [3.8, 4) is 16.9 Å². The largest absolute Gasteiger partial charge is 0.481 e. The first-order valence-electron chi connectivity index (χ1n) is 11.5. The van der Waals surface area contributed by atoms with Gasteiger partial charge in [0.2, 0.25) is 5.91 Å². The number of fused-ring (bicyclic) bond motifs is 1. The van der Waals surface area contributed by atoms with Gasteiger partial charge < -0.3 is 19.4 Å². The second kappa shape index (κ2) is 10.5. The fraction of sp³-hybridized carbons (Fsp3) is 0.346. The number of halogens is 2. The van der Waals surface area contributed by atoms with Crippen molar-refractivity contribution < 1.29 is 23.1 Å². The molecular formula is C26H26ClFN2O5. The topological polar surface area (TPSA) is 88.9 Å². The molecule has 1 saturated heterocycles. The van der Waals surface area contributed by atoms with Crippen molar-refractivity contribution in [2.24, 2.45) is 0 Å². The lowest BCUT2D eigenvalue weighted by Crippen LogP contribution is -2.52. The van der Waals surface area contributed by atoms with E-state index >= 15 is 0 Å². The van der Waals surface area contributed by atoms with Crippen LogP contribution in [0.25, 0.3) is 22.1 Å². The van der Waals surface area contributed by atoms with Crippen LogP contribution in [0.1, 0.15) is 33.1 Å². The van der Waals surface area contributed by atoms with Crippen LogP contribution in [0.5, 0.6) is 5.75 Å². The maximum absolute atomic E-state index is 13.5. The zero-order valence-corrected chi connectivity index (χ0v) is 20.2. The summed E-state index contributed by atoms with van der Waals surface area (Å²) in [5.41, 5.74) is 0.663. The molecule has 1 N–H and O–H groups in total. The number of nitrogens with zero attached hydrogens (tertiary/aromatic N) is 1. The fourth-order valence-electron chi connectivity index (χ4n) is 4.28. The van der Waals surface area contributed by atoms with Crippen LogP contribution in [0.15, 0.2) is 51.7 Å². The summed E-state index contributed by atoms with van der Waals surface area (Å²) in [5, 5.41) is 3.71. The zero-order chi connectivity index (χ0) is 25.1. The van der Waals surface area contributed by atoms with E-state index in [0.717, 1.165) is 12.8 Å². The van der Waals surface area contributed by atoms with Gasteiger partial charge in [0.1, 0.15) is 17.1 Å². The van der Waals surface area contributed by atoms with Crippen LogP contribution < -0.4 is 15.7 Å². The molecule has 1 unspecified atom stereocenters. The van der Waals surface area contributed by atoms with E-state index in [-0.39, 0.29) is 28.5 Å². The molecule has 0 bridgehead atoms. The van der Waals surface area contributed by atoms with E-state index in [1.165, 1.54) is 24.3 Å². The predicted octanol–water partition coefficient (Wildman–Crippen LogP) is 4.54.